The van der Waals surface area contributed by atoms with Gasteiger partial charge in [-0.3, -0.25) is 0 Å². The third-order valence-electron chi connectivity index (χ3n) is 5.11. The largest absolute Gasteiger partial charge is 0.494 e. The lowest BCUT2D eigenvalue weighted by Gasteiger charge is -2.40. The number of hydrogen-bond donors (Lipinski definition) is 1. The van der Waals surface area contributed by atoms with Crippen molar-refractivity contribution in [2.75, 3.05) is 26.2 Å². The van der Waals surface area contributed by atoms with Crippen molar-refractivity contribution in [3.63, 3.8) is 0 Å². The zero-order valence-electron chi connectivity index (χ0n) is 14.7. The van der Waals surface area contributed by atoms with Gasteiger partial charge in [-0.2, -0.15) is 0 Å². The van der Waals surface area contributed by atoms with Crippen molar-refractivity contribution in [3.8, 4) is 5.75 Å². The van der Waals surface area contributed by atoms with Gasteiger partial charge >= 0.3 is 0 Å². The molecule has 1 saturated heterocycles. The number of aryl methyl sites for hydroxylation is 2. The van der Waals surface area contributed by atoms with E-state index in [1.807, 2.05) is 0 Å². The molecule has 1 fully saturated rings. The molecule has 1 aromatic carbocycles. The summed E-state index contributed by atoms with van der Waals surface area (Å²) in [5.74, 6) is 1.39. The average Bonchev–Trinajstić information content (AvgIpc) is 2.53. The number of ether oxygens (including phenoxy) is 1. The number of piperidine rings is 1. The average molecular weight is 304 g/mol. The molecule has 0 radical (unpaired) electrons. The summed E-state index contributed by atoms with van der Waals surface area (Å²) in [5.41, 5.74) is 10.1. The molecular weight excluding hydrogens is 272 g/mol. The third-order valence-corrected chi connectivity index (χ3v) is 5.11. The van der Waals surface area contributed by atoms with Crippen LogP contribution in [0.5, 0.6) is 5.75 Å². The van der Waals surface area contributed by atoms with Crippen molar-refractivity contribution >= 4 is 0 Å². The molecule has 22 heavy (non-hydrogen) atoms. The van der Waals surface area contributed by atoms with E-state index in [0.29, 0.717) is 25.1 Å². The fourth-order valence-electron chi connectivity index (χ4n) is 3.74. The van der Waals surface area contributed by atoms with Crippen molar-refractivity contribution < 1.29 is 4.74 Å². The number of benzene rings is 1. The number of likely N-dealkylation sites (tertiary alicyclic amines) is 1. The van der Waals surface area contributed by atoms with Crippen LogP contribution in [0, 0.1) is 13.8 Å². The summed E-state index contributed by atoms with van der Waals surface area (Å²) in [6.45, 7) is 12.3. The van der Waals surface area contributed by atoms with Gasteiger partial charge in [0.2, 0.25) is 0 Å². The molecule has 2 rings (SSSR count). The fourth-order valence-corrected chi connectivity index (χ4v) is 3.74. The second-order valence-electron chi connectivity index (χ2n) is 6.44. The molecule has 2 atom stereocenters. The Balaban J connectivity index is 2.38. The smallest absolute Gasteiger partial charge is 0.123 e. The van der Waals surface area contributed by atoms with Gasteiger partial charge in [0.05, 0.1) is 6.61 Å². The molecule has 1 aromatic rings. The minimum Gasteiger partial charge on any atom is -0.494 e. The zero-order chi connectivity index (χ0) is 16.1. The number of rotatable bonds is 6. The SMILES string of the molecule is CCOc1cc(C)c(C)cc1C(CN)C1CCCCN1CC. The Morgan fingerprint density at radius 2 is 1.95 bits per heavy atom. The van der Waals surface area contributed by atoms with Crippen LogP contribution in [-0.4, -0.2) is 37.2 Å². The maximum absolute atomic E-state index is 6.22. The second kappa shape index (κ2) is 7.98. The van der Waals surface area contributed by atoms with E-state index >= 15 is 0 Å². The van der Waals surface area contributed by atoms with E-state index < -0.39 is 0 Å². The zero-order valence-corrected chi connectivity index (χ0v) is 14.7. The Morgan fingerprint density at radius 3 is 2.59 bits per heavy atom. The summed E-state index contributed by atoms with van der Waals surface area (Å²) in [6.07, 6.45) is 3.87. The predicted molar refractivity (Wildman–Crippen MR) is 93.8 cm³/mol. The van der Waals surface area contributed by atoms with Gasteiger partial charge < -0.3 is 15.4 Å². The van der Waals surface area contributed by atoms with Gasteiger partial charge in [-0.25, -0.2) is 0 Å². The molecule has 0 spiro atoms. The summed E-state index contributed by atoms with van der Waals surface area (Å²) in [6, 6.07) is 5.04. The Labute approximate surface area is 135 Å². The minimum absolute atomic E-state index is 0.362. The van der Waals surface area contributed by atoms with Crippen LogP contribution in [0.2, 0.25) is 0 Å². The molecule has 3 heteroatoms. The minimum atomic E-state index is 0.362. The first-order valence-electron chi connectivity index (χ1n) is 8.80. The van der Waals surface area contributed by atoms with Gasteiger partial charge in [0.15, 0.2) is 0 Å². The van der Waals surface area contributed by atoms with E-state index in [4.69, 9.17) is 10.5 Å². The van der Waals surface area contributed by atoms with Crippen molar-refractivity contribution in [1.29, 1.82) is 0 Å². The molecule has 2 unspecified atom stereocenters. The van der Waals surface area contributed by atoms with E-state index in [-0.39, 0.29) is 0 Å². The molecule has 1 heterocycles. The Kier molecular flexibility index (Phi) is 6.27. The quantitative estimate of drug-likeness (QED) is 0.872. The standard InChI is InChI=1S/C19H32N2O/c1-5-21-10-8-7-9-18(21)17(13-20)16-11-14(3)15(4)12-19(16)22-6-2/h11-12,17-18H,5-10,13,20H2,1-4H3. The maximum atomic E-state index is 6.22. The van der Waals surface area contributed by atoms with Crippen LogP contribution in [0.25, 0.3) is 0 Å². The summed E-state index contributed by atoms with van der Waals surface area (Å²) in [4.78, 5) is 2.60. The van der Waals surface area contributed by atoms with Crippen molar-refractivity contribution in [2.45, 2.75) is 58.9 Å². The number of nitrogens with zero attached hydrogens (tertiary/aromatic N) is 1. The van der Waals surface area contributed by atoms with Crippen molar-refractivity contribution in [1.82, 2.24) is 4.90 Å². The lowest BCUT2D eigenvalue weighted by Crippen LogP contribution is -2.45. The van der Waals surface area contributed by atoms with Gasteiger partial charge in [0.25, 0.3) is 0 Å². The topological polar surface area (TPSA) is 38.5 Å². The normalized spacial score (nSPS) is 20.9. The van der Waals surface area contributed by atoms with Gasteiger partial charge in [0.1, 0.15) is 5.75 Å². The maximum Gasteiger partial charge on any atom is 0.123 e. The monoisotopic (exact) mass is 304 g/mol. The highest BCUT2D eigenvalue weighted by Gasteiger charge is 2.31. The first kappa shape index (κ1) is 17.3. The first-order valence-corrected chi connectivity index (χ1v) is 8.80. The highest BCUT2D eigenvalue weighted by Crippen LogP contribution is 2.36. The van der Waals surface area contributed by atoms with E-state index in [2.05, 4.69) is 44.7 Å². The van der Waals surface area contributed by atoms with E-state index in [9.17, 15) is 0 Å². The summed E-state index contributed by atoms with van der Waals surface area (Å²) in [7, 11) is 0. The first-order chi connectivity index (χ1) is 10.6. The van der Waals surface area contributed by atoms with Crippen LogP contribution in [-0.2, 0) is 0 Å². The molecule has 0 saturated carbocycles. The Morgan fingerprint density at radius 1 is 1.23 bits per heavy atom. The number of hydrogen-bond acceptors (Lipinski definition) is 3. The van der Waals surface area contributed by atoms with Crippen LogP contribution in [0.15, 0.2) is 12.1 Å². The Bertz CT molecular complexity index is 487. The van der Waals surface area contributed by atoms with Gasteiger partial charge in [-0.1, -0.05) is 19.4 Å². The van der Waals surface area contributed by atoms with Crippen molar-refractivity contribution in [2.24, 2.45) is 5.73 Å². The van der Waals surface area contributed by atoms with E-state index in [0.717, 1.165) is 12.3 Å². The summed E-state index contributed by atoms with van der Waals surface area (Å²) in [5, 5.41) is 0. The molecule has 0 aromatic heterocycles. The molecule has 0 aliphatic carbocycles. The molecule has 0 bridgehead atoms. The molecule has 1 aliphatic rings. The molecule has 0 amide bonds. The van der Waals surface area contributed by atoms with Gasteiger partial charge in [-0.05, 0) is 63.9 Å². The molecule has 3 nitrogen and oxygen atoms in total. The van der Waals surface area contributed by atoms with Crippen LogP contribution < -0.4 is 10.5 Å². The third kappa shape index (κ3) is 3.64. The predicted octanol–water partition coefficient (Wildman–Crippen LogP) is 3.62. The molecule has 2 N–H and O–H groups in total. The van der Waals surface area contributed by atoms with Crippen LogP contribution in [0.3, 0.4) is 0 Å². The fraction of sp³-hybridized carbons (Fsp3) is 0.684. The lowest BCUT2D eigenvalue weighted by molar-refractivity contribution is 0.132. The summed E-state index contributed by atoms with van der Waals surface area (Å²) < 4.78 is 5.94. The van der Waals surface area contributed by atoms with E-state index in [1.54, 1.807) is 0 Å². The number of nitrogens with two attached hydrogens (primary N) is 1. The lowest BCUT2D eigenvalue weighted by atomic mass is 9.83. The van der Waals surface area contributed by atoms with Crippen LogP contribution in [0.1, 0.15) is 55.7 Å². The number of likely N-dealkylation sites (N-methyl/N-ethyl adjacent to an activating group) is 1. The Hall–Kier alpha value is -1.06. The van der Waals surface area contributed by atoms with Gasteiger partial charge in [0, 0.05) is 24.1 Å². The highest BCUT2D eigenvalue weighted by molar-refractivity contribution is 5.44. The van der Waals surface area contributed by atoms with E-state index in [1.165, 1.54) is 42.5 Å². The van der Waals surface area contributed by atoms with Crippen LogP contribution >= 0.6 is 0 Å². The van der Waals surface area contributed by atoms with Crippen LogP contribution in [0.4, 0.5) is 0 Å². The molecule has 1 aliphatic heterocycles. The molecular formula is C19H32N2O. The second-order valence-corrected chi connectivity index (χ2v) is 6.44. The molecule has 124 valence electrons. The van der Waals surface area contributed by atoms with Crippen molar-refractivity contribution in [3.05, 3.63) is 28.8 Å². The summed E-state index contributed by atoms with van der Waals surface area (Å²) >= 11 is 0. The van der Waals surface area contributed by atoms with Gasteiger partial charge in [-0.15, -0.1) is 0 Å². The highest BCUT2D eigenvalue weighted by atomic mass is 16.5.